The molecule has 3 rings (SSSR count). The molecule has 1 aliphatic carbocycles. The molecule has 0 spiro atoms. The first kappa shape index (κ1) is 37.9. The van der Waals surface area contributed by atoms with Crippen LogP contribution in [0.5, 0.6) is 0 Å². The summed E-state index contributed by atoms with van der Waals surface area (Å²) in [6.45, 7) is 8.36. The Labute approximate surface area is 285 Å². The molecule has 240 valence electrons. The van der Waals surface area contributed by atoms with Crippen molar-refractivity contribution in [3.05, 3.63) is 59.7 Å². The predicted octanol–water partition coefficient (Wildman–Crippen LogP) is 6.14. The molecule has 2 N–H and O–H groups in total. The molecule has 0 unspecified atom stereocenters. The molecular weight excluding hydrogens is 776 g/mol. The lowest BCUT2D eigenvalue weighted by Gasteiger charge is -2.21. The van der Waals surface area contributed by atoms with Crippen LogP contribution >= 0.6 is 60.2 Å². The van der Waals surface area contributed by atoms with Crippen molar-refractivity contribution in [2.75, 3.05) is 59.3 Å². The Balaban J connectivity index is 0.00000645. The standard InChI is InChI=1S/C30H39Br3N2O7.ClH/c1-29(2,3)42-15-14-38-12-13-39-18-21(16-34-17-27(36)41-20-30(31,32)33)35-28(37)40-19-26-24-10-6-4-8-22(24)23-9-5-7-11-25(23)26;/h4-11,21,26,34H,12-20H2,1-3H3,(H,35,37);1H/t21-;/m0./s1. The molecule has 43 heavy (non-hydrogen) atoms. The second kappa shape index (κ2) is 18.7. The van der Waals surface area contributed by atoms with Gasteiger partial charge in [-0.2, -0.15) is 0 Å². The van der Waals surface area contributed by atoms with Crippen molar-refractivity contribution in [1.82, 2.24) is 10.6 Å². The Morgan fingerprint density at radius 2 is 1.44 bits per heavy atom. The summed E-state index contributed by atoms with van der Waals surface area (Å²) in [5.41, 5.74) is 4.39. The van der Waals surface area contributed by atoms with E-state index in [1.165, 1.54) is 0 Å². The molecule has 0 bridgehead atoms. The molecule has 0 radical (unpaired) electrons. The minimum Gasteiger partial charge on any atom is -0.461 e. The summed E-state index contributed by atoms with van der Waals surface area (Å²) in [4.78, 5) is 24.9. The monoisotopic (exact) mass is 812 g/mol. The molecule has 0 saturated carbocycles. The fourth-order valence-electron chi connectivity index (χ4n) is 4.37. The SMILES string of the molecule is CC(C)(C)OCCOCCOC[C@H](CNCC(=O)OCC(Br)(Br)Br)NC(=O)OCC1c2ccccc2-c2ccccc21.Cl. The number of alkyl halides is 3. The number of alkyl carbamates (subject to hydrolysis) is 1. The first-order valence-electron chi connectivity index (χ1n) is 13.8. The summed E-state index contributed by atoms with van der Waals surface area (Å²) >= 11 is 9.86. The molecule has 1 aliphatic rings. The molecule has 2 aromatic rings. The van der Waals surface area contributed by atoms with Gasteiger partial charge in [0.1, 0.15) is 13.2 Å². The number of rotatable bonds is 16. The maximum Gasteiger partial charge on any atom is 0.407 e. The van der Waals surface area contributed by atoms with Crippen LogP contribution in [0.25, 0.3) is 11.1 Å². The molecule has 2 aromatic carbocycles. The molecule has 0 fully saturated rings. The maximum atomic E-state index is 12.9. The molecule has 0 aliphatic heterocycles. The number of carbonyl (C=O) groups excluding carboxylic acids is 2. The summed E-state index contributed by atoms with van der Waals surface area (Å²) in [6, 6.07) is 15.9. The van der Waals surface area contributed by atoms with E-state index in [0.29, 0.717) is 26.4 Å². The highest BCUT2D eigenvalue weighted by Crippen LogP contribution is 2.44. The van der Waals surface area contributed by atoms with Crippen molar-refractivity contribution >= 4 is 72.3 Å². The first-order valence-corrected chi connectivity index (χ1v) is 16.1. The van der Waals surface area contributed by atoms with E-state index in [2.05, 4.69) is 82.7 Å². The summed E-state index contributed by atoms with van der Waals surface area (Å²) < 4.78 is 27.1. The lowest BCUT2D eigenvalue weighted by atomic mass is 9.98. The van der Waals surface area contributed by atoms with Crippen molar-refractivity contribution in [2.45, 2.75) is 40.5 Å². The van der Waals surface area contributed by atoms with Crippen molar-refractivity contribution in [2.24, 2.45) is 0 Å². The van der Waals surface area contributed by atoms with Crippen LogP contribution in [-0.2, 0) is 28.5 Å². The highest BCUT2D eigenvalue weighted by molar-refractivity contribution is 9.39. The van der Waals surface area contributed by atoms with Crippen LogP contribution in [0.2, 0.25) is 0 Å². The fourth-order valence-corrected chi connectivity index (χ4v) is 4.72. The molecule has 13 heteroatoms. The van der Waals surface area contributed by atoms with Crippen LogP contribution in [0.4, 0.5) is 4.79 Å². The number of benzene rings is 2. The van der Waals surface area contributed by atoms with Gasteiger partial charge in [0.05, 0.1) is 51.2 Å². The largest absolute Gasteiger partial charge is 0.461 e. The zero-order valence-electron chi connectivity index (χ0n) is 24.5. The lowest BCUT2D eigenvalue weighted by molar-refractivity contribution is -0.142. The molecule has 0 aromatic heterocycles. The molecule has 9 nitrogen and oxygen atoms in total. The zero-order valence-corrected chi connectivity index (χ0v) is 30.1. The predicted molar refractivity (Wildman–Crippen MR) is 180 cm³/mol. The van der Waals surface area contributed by atoms with Crippen LogP contribution in [0, 0.1) is 0 Å². The Bertz CT molecular complexity index is 1120. The molecule has 0 heterocycles. The van der Waals surface area contributed by atoms with Crippen molar-refractivity contribution < 1.29 is 33.3 Å². The number of halogens is 4. The van der Waals surface area contributed by atoms with Gasteiger partial charge in [0, 0.05) is 12.5 Å². The number of esters is 1. The Kier molecular flexibility index (Phi) is 16.5. The second-order valence-electron chi connectivity index (χ2n) is 10.7. The van der Waals surface area contributed by atoms with E-state index in [9.17, 15) is 9.59 Å². The van der Waals surface area contributed by atoms with Gasteiger partial charge in [0.15, 0.2) is 2.14 Å². The van der Waals surface area contributed by atoms with Crippen molar-refractivity contribution in [3.63, 3.8) is 0 Å². The van der Waals surface area contributed by atoms with Crippen molar-refractivity contribution in [3.8, 4) is 11.1 Å². The van der Waals surface area contributed by atoms with E-state index < -0.39 is 20.2 Å². The van der Waals surface area contributed by atoms with Gasteiger partial charge in [-0.15, -0.1) is 12.4 Å². The van der Waals surface area contributed by atoms with Crippen molar-refractivity contribution in [1.29, 1.82) is 0 Å². The van der Waals surface area contributed by atoms with Gasteiger partial charge in [0.2, 0.25) is 0 Å². The Hall–Kier alpha value is -1.25. The highest BCUT2D eigenvalue weighted by Gasteiger charge is 2.29. The topological polar surface area (TPSA) is 104 Å². The number of nitrogens with one attached hydrogen (secondary N) is 2. The van der Waals surface area contributed by atoms with Crippen LogP contribution in [0.3, 0.4) is 0 Å². The van der Waals surface area contributed by atoms with Gasteiger partial charge in [-0.3, -0.25) is 4.79 Å². The molecule has 0 saturated heterocycles. The zero-order chi connectivity index (χ0) is 30.6. The highest BCUT2D eigenvalue weighted by atomic mass is 80.0. The van der Waals surface area contributed by atoms with Crippen LogP contribution in [0.15, 0.2) is 48.5 Å². The third-order valence-corrected chi connectivity index (χ3v) is 6.86. The molecule has 1 amide bonds. The summed E-state index contributed by atoms with van der Waals surface area (Å²) in [7, 11) is 0. The summed E-state index contributed by atoms with van der Waals surface area (Å²) in [6.07, 6.45) is -0.562. The maximum absolute atomic E-state index is 12.9. The summed E-state index contributed by atoms with van der Waals surface area (Å²) in [5.74, 6) is -0.486. The first-order chi connectivity index (χ1) is 19.9. The van der Waals surface area contributed by atoms with Crippen LogP contribution in [0.1, 0.15) is 37.8 Å². The third kappa shape index (κ3) is 14.2. The van der Waals surface area contributed by atoms with Gasteiger partial charge >= 0.3 is 12.1 Å². The smallest absolute Gasteiger partial charge is 0.407 e. The average molecular weight is 816 g/mol. The van der Waals surface area contributed by atoms with E-state index in [1.807, 2.05) is 45.0 Å². The van der Waals surface area contributed by atoms with Crippen LogP contribution in [-0.4, -0.2) is 85.2 Å². The van der Waals surface area contributed by atoms with E-state index in [1.54, 1.807) is 0 Å². The number of carbonyl (C=O) groups is 2. The minimum absolute atomic E-state index is 0. The molecule has 1 atom stereocenters. The van der Waals surface area contributed by atoms with Gasteiger partial charge in [0.25, 0.3) is 0 Å². The van der Waals surface area contributed by atoms with E-state index >= 15 is 0 Å². The number of amides is 1. The normalized spacial score (nSPS) is 13.4. The van der Waals surface area contributed by atoms with E-state index in [-0.39, 0.29) is 56.8 Å². The number of hydrogen-bond donors (Lipinski definition) is 2. The Morgan fingerprint density at radius 3 is 2.05 bits per heavy atom. The number of ether oxygens (including phenoxy) is 5. The van der Waals surface area contributed by atoms with E-state index in [0.717, 1.165) is 22.3 Å². The van der Waals surface area contributed by atoms with Gasteiger partial charge in [-0.1, -0.05) is 96.3 Å². The fraction of sp³-hybridized carbons (Fsp3) is 0.533. The van der Waals surface area contributed by atoms with Gasteiger partial charge in [-0.05, 0) is 43.0 Å². The quantitative estimate of drug-likeness (QED) is 0.119. The lowest BCUT2D eigenvalue weighted by Crippen LogP contribution is -2.46. The third-order valence-electron chi connectivity index (χ3n) is 6.18. The average Bonchev–Trinajstić information content (AvgIpc) is 3.24. The van der Waals surface area contributed by atoms with Gasteiger partial charge < -0.3 is 34.3 Å². The Morgan fingerprint density at radius 1 is 0.860 bits per heavy atom. The second-order valence-corrected chi connectivity index (χ2v) is 18.0. The summed E-state index contributed by atoms with van der Waals surface area (Å²) in [5, 5.41) is 5.88. The number of fused-ring (bicyclic) bond motifs is 3. The minimum atomic E-state index is -0.675. The van der Waals surface area contributed by atoms with E-state index in [4.69, 9.17) is 23.7 Å². The van der Waals surface area contributed by atoms with Gasteiger partial charge in [-0.25, -0.2) is 4.79 Å². The van der Waals surface area contributed by atoms with Crippen LogP contribution < -0.4 is 10.6 Å². The number of hydrogen-bond acceptors (Lipinski definition) is 8. The molecular formula is C30H40Br3ClN2O7.